The van der Waals surface area contributed by atoms with E-state index in [4.69, 9.17) is 5.11 Å². The molecule has 0 fully saturated rings. The van der Waals surface area contributed by atoms with Gasteiger partial charge in [0.15, 0.2) is 6.29 Å². The molecular formula is C9H6N2O3. The predicted molar refractivity (Wildman–Crippen MR) is 47.5 cm³/mol. The molecule has 2 rings (SSSR count). The zero-order chi connectivity index (χ0) is 10.1. The lowest BCUT2D eigenvalue weighted by Crippen LogP contribution is -1.98. The van der Waals surface area contributed by atoms with Crippen LogP contribution in [0.2, 0.25) is 0 Å². The molecule has 0 spiro atoms. The van der Waals surface area contributed by atoms with Gasteiger partial charge in [0.25, 0.3) is 0 Å². The van der Waals surface area contributed by atoms with Crippen LogP contribution >= 0.6 is 0 Å². The number of carbonyl (C=O) groups excluding carboxylic acids is 1. The maximum Gasteiger partial charge on any atom is 0.339 e. The van der Waals surface area contributed by atoms with E-state index < -0.39 is 5.97 Å². The summed E-state index contributed by atoms with van der Waals surface area (Å²) in [7, 11) is 0. The molecule has 2 heterocycles. The van der Waals surface area contributed by atoms with E-state index in [1.165, 1.54) is 10.7 Å². The highest BCUT2D eigenvalue weighted by atomic mass is 16.4. The third-order valence-electron chi connectivity index (χ3n) is 1.93. The van der Waals surface area contributed by atoms with Crippen LogP contribution in [0.5, 0.6) is 0 Å². The summed E-state index contributed by atoms with van der Waals surface area (Å²) in [6.45, 7) is 0. The van der Waals surface area contributed by atoms with Gasteiger partial charge in [0, 0.05) is 11.8 Å². The molecule has 0 radical (unpaired) electrons. The average molecular weight is 190 g/mol. The molecule has 0 aliphatic rings. The van der Waals surface area contributed by atoms with Gasteiger partial charge in [0.2, 0.25) is 0 Å². The molecule has 0 amide bonds. The number of carboxylic acid groups (broad SMARTS) is 1. The third kappa shape index (κ3) is 1.06. The van der Waals surface area contributed by atoms with Crippen molar-refractivity contribution in [1.29, 1.82) is 0 Å². The second-order valence-corrected chi connectivity index (χ2v) is 2.74. The molecule has 0 aromatic carbocycles. The fraction of sp³-hybridized carbons (Fsp3) is 0. The summed E-state index contributed by atoms with van der Waals surface area (Å²) in [4.78, 5) is 21.4. The van der Waals surface area contributed by atoms with Crippen LogP contribution in [0.1, 0.15) is 20.7 Å². The molecule has 0 aliphatic carbocycles. The molecule has 5 nitrogen and oxygen atoms in total. The molecular weight excluding hydrogens is 184 g/mol. The van der Waals surface area contributed by atoms with Crippen LogP contribution in [0.25, 0.3) is 5.52 Å². The lowest BCUT2D eigenvalue weighted by molar-refractivity contribution is 0.0699. The normalized spacial score (nSPS) is 10.3. The van der Waals surface area contributed by atoms with Crippen LogP contribution < -0.4 is 0 Å². The van der Waals surface area contributed by atoms with Crippen molar-refractivity contribution in [1.82, 2.24) is 9.61 Å². The van der Waals surface area contributed by atoms with E-state index in [-0.39, 0.29) is 5.56 Å². The lowest BCUT2D eigenvalue weighted by atomic mass is 10.2. The summed E-state index contributed by atoms with van der Waals surface area (Å²) < 4.78 is 1.37. The van der Waals surface area contributed by atoms with Crippen molar-refractivity contribution >= 4 is 17.8 Å². The zero-order valence-electron chi connectivity index (χ0n) is 7.04. The number of hydrogen-bond donors (Lipinski definition) is 1. The Morgan fingerprint density at radius 3 is 3.00 bits per heavy atom. The smallest absolute Gasteiger partial charge is 0.339 e. The first-order valence-electron chi connectivity index (χ1n) is 3.89. The minimum atomic E-state index is -1.09. The number of aromatic nitrogens is 2. The fourth-order valence-electron chi connectivity index (χ4n) is 1.32. The van der Waals surface area contributed by atoms with Crippen LogP contribution in [0.15, 0.2) is 24.5 Å². The number of aromatic carboxylic acids is 1. The van der Waals surface area contributed by atoms with Crippen molar-refractivity contribution in [2.45, 2.75) is 0 Å². The second kappa shape index (κ2) is 2.95. The molecule has 0 bridgehead atoms. The van der Waals surface area contributed by atoms with Gasteiger partial charge in [-0.05, 0) is 12.1 Å². The Morgan fingerprint density at radius 2 is 2.36 bits per heavy atom. The van der Waals surface area contributed by atoms with Crippen LogP contribution in [0.4, 0.5) is 0 Å². The second-order valence-electron chi connectivity index (χ2n) is 2.74. The number of rotatable bonds is 2. The van der Waals surface area contributed by atoms with E-state index in [1.807, 2.05) is 0 Å². The van der Waals surface area contributed by atoms with Gasteiger partial charge in [-0.2, -0.15) is 5.10 Å². The van der Waals surface area contributed by atoms with E-state index in [2.05, 4.69) is 5.10 Å². The predicted octanol–water partition coefficient (Wildman–Crippen LogP) is 0.845. The molecule has 14 heavy (non-hydrogen) atoms. The summed E-state index contributed by atoms with van der Waals surface area (Å²) in [6, 6.07) is 3.19. The maximum atomic E-state index is 10.8. The summed E-state index contributed by atoms with van der Waals surface area (Å²) >= 11 is 0. The number of carboxylic acids is 1. The van der Waals surface area contributed by atoms with E-state index in [0.717, 1.165) is 0 Å². The number of aldehydes is 1. The number of nitrogens with zero attached hydrogens (tertiary/aromatic N) is 2. The Hall–Kier alpha value is -2.17. The van der Waals surface area contributed by atoms with Gasteiger partial charge in [-0.15, -0.1) is 0 Å². The highest BCUT2D eigenvalue weighted by Gasteiger charge is 2.13. The summed E-state index contributed by atoms with van der Waals surface area (Å²) in [5, 5.41) is 12.6. The Kier molecular flexibility index (Phi) is 1.78. The van der Waals surface area contributed by atoms with Gasteiger partial charge >= 0.3 is 5.97 Å². The highest BCUT2D eigenvalue weighted by Crippen LogP contribution is 2.14. The van der Waals surface area contributed by atoms with Gasteiger partial charge in [0.05, 0.1) is 11.7 Å². The minimum absolute atomic E-state index is 0.0349. The van der Waals surface area contributed by atoms with Crippen molar-refractivity contribution in [3.8, 4) is 0 Å². The standard InChI is InChI=1S/C9H6N2O3/c12-5-6-2-1-3-11-8(6)7(4-10-11)9(13)14/h1-5H,(H,13,14). The van der Waals surface area contributed by atoms with Gasteiger partial charge in [0.1, 0.15) is 5.56 Å². The van der Waals surface area contributed by atoms with Gasteiger partial charge in [-0.25, -0.2) is 9.31 Å². The average Bonchev–Trinajstić information content (AvgIpc) is 2.60. The number of pyridine rings is 1. The Morgan fingerprint density at radius 1 is 1.57 bits per heavy atom. The van der Waals surface area contributed by atoms with Crippen LogP contribution in [-0.4, -0.2) is 27.0 Å². The van der Waals surface area contributed by atoms with Crippen molar-refractivity contribution in [3.63, 3.8) is 0 Å². The molecule has 2 aromatic rings. The largest absolute Gasteiger partial charge is 0.478 e. The van der Waals surface area contributed by atoms with E-state index >= 15 is 0 Å². The first-order chi connectivity index (χ1) is 6.74. The Balaban J connectivity index is 2.87. The zero-order valence-corrected chi connectivity index (χ0v) is 7.04. The van der Waals surface area contributed by atoms with Crippen molar-refractivity contribution in [3.05, 3.63) is 35.7 Å². The van der Waals surface area contributed by atoms with E-state index in [0.29, 0.717) is 17.4 Å². The topological polar surface area (TPSA) is 71.7 Å². The van der Waals surface area contributed by atoms with Crippen LogP contribution in [-0.2, 0) is 0 Å². The van der Waals surface area contributed by atoms with Crippen LogP contribution in [0.3, 0.4) is 0 Å². The first kappa shape index (κ1) is 8.43. The van der Waals surface area contributed by atoms with Gasteiger partial charge < -0.3 is 5.11 Å². The van der Waals surface area contributed by atoms with Gasteiger partial charge in [-0.1, -0.05) is 0 Å². The van der Waals surface area contributed by atoms with E-state index in [1.54, 1.807) is 18.3 Å². The van der Waals surface area contributed by atoms with Gasteiger partial charge in [-0.3, -0.25) is 4.79 Å². The minimum Gasteiger partial charge on any atom is -0.478 e. The third-order valence-corrected chi connectivity index (χ3v) is 1.93. The molecule has 5 heteroatoms. The van der Waals surface area contributed by atoms with Crippen molar-refractivity contribution in [2.75, 3.05) is 0 Å². The van der Waals surface area contributed by atoms with Crippen LogP contribution in [0, 0.1) is 0 Å². The summed E-state index contributed by atoms with van der Waals surface area (Å²) in [5.74, 6) is -1.09. The fourth-order valence-corrected chi connectivity index (χ4v) is 1.32. The summed E-state index contributed by atoms with van der Waals surface area (Å²) in [5.41, 5.74) is 0.685. The monoisotopic (exact) mass is 190 g/mol. The number of carbonyl (C=O) groups is 2. The molecule has 70 valence electrons. The SMILES string of the molecule is O=Cc1cccn2ncc(C(=O)O)c12. The molecule has 0 atom stereocenters. The number of hydrogen-bond acceptors (Lipinski definition) is 3. The molecule has 1 N–H and O–H groups in total. The Bertz CT molecular complexity index is 516. The van der Waals surface area contributed by atoms with Crippen molar-refractivity contribution < 1.29 is 14.7 Å². The quantitative estimate of drug-likeness (QED) is 0.712. The molecule has 0 unspecified atom stereocenters. The first-order valence-corrected chi connectivity index (χ1v) is 3.89. The lowest BCUT2D eigenvalue weighted by Gasteiger charge is -1.96. The maximum absolute atomic E-state index is 10.8. The number of fused-ring (bicyclic) bond motifs is 1. The molecule has 0 saturated carbocycles. The highest BCUT2D eigenvalue weighted by molar-refractivity contribution is 6.01. The Labute approximate surface area is 78.6 Å². The van der Waals surface area contributed by atoms with E-state index in [9.17, 15) is 9.59 Å². The van der Waals surface area contributed by atoms with Crippen molar-refractivity contribution in [2.24, 2.45) is 0 Å². The summed E-state index contributed by atoms with van der Waals surface area (Å²) in [6.07, 6.45) is 3.43. The molecule has 2 aromatic heterocycles. The molecule has 0 aliphatic heterocycles. The molecule has 0 saturated heterocycles.